The van der Waals surface area contributed by atoms with Gasteiger partial charge in [0, 0.05) is 0 Å². The molecule has 0 fully saturated rings. The minimum absolute atomic E-state index is 1.00. The first-order chi connectivity index (χ1) is 8.66. The molecule has 0 spiro atoms. The Balaban J connectivity index is 2.10. The molecule has 0 aliphatic carbocycles. The lowest BCUT2D eigenvalue weighted by Gasteiger charge is -2.04. The lowest BCUT2D eigenvalue weighted by Crippen LogP contribution is -1.88. The highest BCUT2D eigenvalue weighted by molar-refractivity contribution is 5.53. The molecule has 2 aromatic carbocycles. The second-order valence-electron chi connectivity index (χ2n) is 4.89. The van der Waals surface area contributed by atoms with Gasteiger partial charge in [-0.15, -0.1) is 0 Å². The predicted molar refractivity (Wildman–Crippen MR) is 79.8 cm³/mol. The van der Waals surface area contributed by atoms with Crippen LogP contribution in [-0.4, -0.2) is 0 Å². The molecule has 0 heterocycles. The Morgan fingerprint density at radius 1 is 0.889 bits per heavy atom. The number of benzene rings is 2. The van der Waals surface area contributed by atoms with Crippen LogP contribution in [0, 0.1) is 20.8 Å². The van der Waals surface area contributed by atoms with E-state index in [-0.39, 0.29) is 0 Å². The molecule has 0 unspecified atom stereocenters. The SMILES string of the molecule is Cc1ccc(CC=Cc2ccccc2C)c(C)c1. The molecule has 0 radical (unpaired) electrons. The highest BCUT2D eigenvalue weighted by Gasteiger charge is 1.96. The third-order valence-electron chi connectivity index (χ3n) is 3.32. The first-order valence-corrected chi connectivity index (χ1v) is 6.45. The van der Waals surface area contributed by atoms with E-state index in [0.717, 1.165) is 6.42 Å². The van der Waals surface area contributed by atoms with Gasteiger partial charge < -0.3 is 0 Å². The van der Waals surface area contributed by atoms with Crippen molar-refractivity contribution >= 4 is 6.08 Å². The second kappa shape index (κ2) is 5.68. The van der Waals surface area contributed by atoms with Crippen LogP contribution in [-0.2, 0) is 6.42 Å². The fourth-order valence-corrected chi connectivity index (χ4v) is 2.16. The van der Waals surface area contributed by atoms with Crippen LogP contribution >= 0.6 is 0 Å². The van der Waals surface area contributed by atoms with Crippen LogP contribution in [0.2, 0.25) is 0 Å². The quantitative estimate of drug-likeness (QED) is 0.713. The van der Waals surface area contributed by atoms with Crippen molar-refractivity contribution in [2.24, 2.45) is 0 Å². The van der Waals surface area contributed by atoms with Gasteiger partial charge in [0.2, 0.25) is 0 Å². The fourth-order valence-electron chi connectivity index (χ4n) is 2.16. The number of aryl methyl sites for hydroxylation is 3. The third-order valence-corrected chi connectivity index (χ3v) is 3.32. The molecule has 2 aromatic rings. The fraction of sp³-hybridized carbons (Fsp3) is 0.222. The van der Waals surface area contributed by atoms with Crippen LogP contribution in [0.4, 0.5) is 0 Å². The molecule has 0 aliphatic heterocycles. The maximum atomic E-state index is 2.25. The van der Waals surface area contributed by atoms with Gasteiger partial charge in [-0.25, -0.2) is 0 Å². The highest BCUT2D eigenvalue weighted by atomic mass is 14.0. The van der Waals surface area contributed by atoms with Crippen molar-refractivity contribution in [3.8, 4) is 0 Å². The van der Waals surface area contributed by atoms with Gasteiger partial charge in [0.1, 0.15) is 0 Å². The first kappa shape index (κ1) is 12.6. The molecule has 92 valence electrons. The highest BCUT2D eigenvalue weighted by Crippen LogP contribution is 2.13. The van der Waals surface area contributed by atoms with Crippen molar-refractivity contribution in [1.82, 2.24) is 0 Å². The van der Waals surface area contributed by atoms with Gasteiger partial charge in [0.05, 0.1) is 0 Å². The average molecular weight is 236 g/mol. The second-order valence-corrected chi connectivity index (χ2v) is 4.89. The van der Waals surface area contributed by atoms with Gasteiger partial charge in [-0.2, -0.15) is 0 Å². The first-order valence-electron chi connectivity index (χ1n) is 6.45. The number of rotatable bonds is 3. The molecule has 0 atom stereocenters. The zero-order valence-electron chi connectivity index (χ0n) is 11.4. The molecule has 0 saturated carbocycles. The summed E-state index contributed by atoms with van der Waals surface area (Å²) in [6, 6.07) is 15.1. The molecule has 0 saturated heterocycles. The summed E-state index contributed by atoms with van der Waals surface area (Å²) in [5, 5.41) is 0. The van der Waals surface area contributed by atoms with Gasteiger partial charge in [-0.1, -0.05) is 60.2 Å². The van der Waals surface area contributed by atoms with Crippen molar-refractivity contribution in [2.45, 2.75) is 27.2 Å². The van der Waals surface area contributed by atoms with E-state index in [1.54, 1.807) is 0 Å². The van der Waals surface area contributed by atoms with E-state index in [4.69, 9.17) is 0 Å². The summed E-state index contributed by atoms with van der Waals surface area (Å²) in [4.78, 5) is 0. The van der Waals surface area contributed by atoms with Crippen LogP contribution in [0.25, 0.3) is 6.08 Å². The van der Waals surface area contributed by atoms with Gasteiger partial charge in [0.15, 0.2) is 0 Å². The Kier molecular flexibility index (Phi) is 3.99. The summed E-state index contributed by atoms with van der Waals surface area (Å²) < 4.78 is 0. The maximum Gasteiger partial charge on any atom is -0.00915 e. The van der Waals surface area contributed by atoms with E-state index < -0.39 is 0 Å². The molecule has 0 aliphatic rings. The Morgan fingerprint density at radius 3 is 2.39 bits per heavy atom. The largest absolute Gasteiger partial charge is 0.0795 e. The molecular formula is C18H20. The molecule has 0 heteroatoms. The van der Waals surface area contributed by atoms with Crippen molar-refractivity contribution in [2.75, 3.05) is 0 Å². The molecule has 0 nitrogen and oxygen atoms in total. The molecule has 2 rings (SSSR count). The summed E-state index contributed by atoms with van der Waals surface area (Å²) in [5.74, 6) is 0. The van der Waals surface area contributed by atoms with E-state index in [2.05, 4.69) is 75.4 Å². The van der Waals surface area contributed by atoms with Gasteiger partial charge in [-0.05, 0) is 49.4 Å². The van der Waals surface area contributed by atoms with Crippen molar-refractivity contribution in [1.29, 1.82) is 0 Å². The number of allylic oxidation sites excluding steroid dienone is 1. The molecule has 18 heavy (non-hydrogen) atoms. The van der Waals surface area contributed by atoms with Gasteiger partial charge in [-0.3, -0.25) is 0 Å². The standard InChI is InChI=1S/C18H20/c1-14-11-12-18(16(3)13-14)10-6-9-17-8-5-4-7-15(17)2/h4-9,11-13H,10H2,1-3H3. The zero-order valence-corrected chi connectivity index (χ0v) is 11.4. The predicted octanol–water partition coefficient (Wildman–Crippen LogP) is 4.87. The minimum atomic E-state index is 1.00. The van der Waals surface area contributed by atoms with Crippen LogP contribution in [0.15, 0.2) is 48.5 Å². The molecule has 0 bridgehead atoms. The maximum absolute atomic E-state index is 2.25. The summed E-state index contributed by atoms with van der Waals surface area (Å²) in [7, 11) is 0. The molecule has 0 aromatic heterocycles. The summed E-state index contributed by atoms with van der Waals surface area (Å²) in [6.07, 6.45) is 5.47. The lowest BCUT2D eigenvalue weighted by atomic mass is 10.0. The van der Waals surface area contributed by atoms with E-state index in [0.29, 0.717) is 0 Å². The monoisotopic (exact) mass is 236 g/mol. The van der Waals surface area contributed by atoms with Crippen LogP contribution in [0.1, 0.15) is 27.8 Å². The van der Waals surface area contributed by atoms with E-state index in [1.165, 1.54) is 27.8 Å². The lowest BCUT2D eigenvalue weighted by molar-refractivity contribution is 1.20. The summed E-state index contributed by atoms with van der Waals surface area (Å²) in [6.45, 7) is 6.47. The Bertz CT molecular complexity index is 562. The Hall–Kier alpha value is -1.82. The smallest absolute Gasteiger partial charge is 0.00915 e. The van der Waals surface area contributed by atoms with E-state index in [9.17, 15) is 0 Å². The molecular weight excluding hydrogens is 216 g/mol. The summed E-state index contributed by atoms with van der Waals surface area (Å²) in [5.41, 5.74) is 6.76. The van der Waals surface area contributed by atoms with Crippen molar-refractivity contribution in [3.63, 3.8) is 0 Å². The summed E-state index contributed by atoms with van der Waals surface area (Å²) >= 11 is 0. The normalized spacial score (nSPS) is 11.1. The molecule has 0 N–H and O–H groups in total. The van der Waals surface area contributed by atoms with E-state index >= 15 is 0 Å². The van der Waals surface area contributed by atoms with E-state index in [1.807, 2.05) is 0 Å². The van der Waals surface area contributed by atoms with Crippen LogP contribution < -0.4 is 0 Å². The van der Waals surface area contributed by atoms with Crippen LogP contribution in [0.5, 0.6) is 0 Å². The third kappa shape index (κ3) is 3.10. The topological polar surface area (TPSA) is 0 Å². The Morgan fingerprint density at radius 2 is 1.67 bits per heavy atom. The zero-order chi connectivity index (χ0) is 13.0. The average Bonchev–Trinajstić information content (AvgIpc) is 2.34. The van der Waals surface area contributed by atoms with Gasteiger partial charge >= 0.3 is 0 Å². The van der Waals surface area contributed by atoms with Gasteiger partial charge in [0.25, 0.3) is 0 Å². The minimum Gasteiger partial charge on any atom is -0.0795 e. The number of hydrogen-bond acceptors (Lipinski definition) is 0. The Labute approximate surface area is 110 Å². The van der Waals surface area contributed by atoms with Crippen molar-refractivity contribution < 1.29 is 0 Å². The van der Waals surface area contributed by atoms with Crippen molar-refractivity contribution in [3.05, 3.63) is 76.4 Å². The number of hydrogen-bond donors (Lipinski definition) is 0. The molecule has 0 amide bonds. The van der Waals surface area contributed by atoms with Crippen LogP contribution in [0.3, 0.4) is 0 Å².